The van der Waals surface area contributed by atoms with Crippen molar-refractivity contribution in [2.45, 2.75) is 31.9 Å². The van der Waals surface area contributed by atoms with Gasteiger partial charge in [-0.15, -0.1) is 0 Å². The maximum atomic E-state index is 11.9. The van der Waals surface area contributed by atoms with E-state index in [4.69, 9.17) is 5.73 Å². The number of halogens is 3. The van der Waals surface area contributed by atoms with Crippen molar-refractivity contribution in [2.75, 3.05) is 18.8 Å². The van der Waals surface area contributed by atoms with Gasteiger partial charge in [0.2, 0.25) is 0 Å². The average molecular weight is 260 g/mol. The first-order valence-corrected chi connectivity index (χ1v) is 6.01. The van der Waals surface area contributed by atoms with E-state index in [-0.39, 0.29) is 6.54 Å². The molecule has 0 aliphatic rings. The van der Waals surface area contributed by atoms with Gasteiger partial charge in [-0.05, 0) is 36.6 Å². The van der Waals surface area contributed by atoms with Gasteiger partial charge in [0, 0.05) is 12.2 Å². The maximum absolute atomic E-state index is 11.9. The van der Waals surface area contributed by atoms with Gasteiger partial charge in [0.25, 0.3) is 0 Å². The average Bonchev–Trinajstić information content (AvgIpc) is 2.27. The van der Waals surface area contributed by atoms with E-state index in [2.05, 4.69) is 12.2 Å². The lowest BCUT2D eigenvalue weighted by molar-refractivity contribution is -0.133. The van der Waals surface area contributed by atoms with Crippen molar-refractivity contribution in [1.29, 1.82) is 0 Å². The van der Waals surface area contributed by atoms with Crippen molar-refractivity contribution < 1.29 is 13.2 Å². The molecule has 0 radical (unpaired) electrons. The predicted octanol–water partition coefficient (Wildman–Crippen LogP) is 3.30. The van der Waals surface area contributed by atoms with Crippen LogP contribution in [0.2, 0.25) is 0 Å². The number of nitrogens with one attached hydrogen (secondary N) is 1. The second kappa shape index (κ2) is 6.64. The van der Waals surface area contributed by atoms with Crippen LogP contribution in [0.15, 0.2) is 24.3 Å². The Morgan fingerprint density at radius 3 is 2.33 bits per heavy atom. The van der Waals surface area contributed by atoms with Crippen LogP contribution in [-0.2, 0) is 0 Å². The highest BCUT2D eigenvalue weighted by Gasteiger charge is 2.25. The molecule has 0 aromatic heterocycles. The largest absolute Gasteiger partial charge is 0.399 e. The number of nitrogen functional groups attached to an aromatic ring is 1. The van der Waals surface area contributed by atoms with Crippen LogP contribution in [0, 0.1) is 0 Å². The number of hydrogen-bond acceptors (Lipinski definition) is 2. The zero-order chi connectivity index (χ0) is 13.6. The summed E-state index contributed by atoms with van der Waals surface area (Å²) in [6, 6.07) is 7.58. The lowest BCUT2D eigenvalue weighted by Crippen LogP contribution is -2.23. The van der Waals surface area contributed by atoms with Crippen molar-refractivity contribution in [3.63, 3.8) is 0 Å². The molecule has 1 atom stereocenters. The van der Waals surface area contributed by atoms with Crippen LogP contribution in [0.25, 0.3) is 0 Å². The zero-order valence-electron chi connectivity index (χ0n) is 10.4. The van der Waals surface area contributed by atoms with Crippen LogP contribution in [0.5, 0.6) is 0 Å². The molecule has 3 N–H and O–H groups in total. The van der Waals surface area contributed by atoms with Crippen LogP contribution in [-0.4, -0.2) is 19.3 Å². The molecule has 1 aromatic rings. The molecule has 1 unspecified atom stereocenters. The van der Waals surface area contributed by atoms with Gasteiger partial charge in [-0.1, -0.05) is 19.1 Å². The summed E-state index contributed by atoms with van der Waals surface area (Å²) >= 11 is 0. The summed E-state index contributed by atoms with van der Waals surface area (Å²) in [5.74, 6) is 0.309. The van der Waals surface area contributed by atoms with Crippen LogP contribution in [0.4, 0.5) is 18.9 Å². The van der Waals surface area contributed by atoms with Crippen molar-refractivity contribution in [3.05, 3.63) is 29.8 Å². The second-order valence-corrected chi connectivity index (χ2v) is 4.47. The van der Waals surface area contributed by atoms with Gasteiger partial charge in [0.05, 0.1) is 6.42 Å². The first kappa shape index (κ1) is 14.8. The molecule has 0 aliphatic heterocycles. The molecule has 0 saturated carbocycles. The van der Waals surface area contributed by atoms with Gasteiger partial charge in [-0.3, -0.25) is 0 Å². The molecule has 0 saturated heterocycles. The molecule has 18 heavy (non-hydrogen) atoms. The summed E-state index contributed by atoms with van der Waals surface area (Å²) < 4.78 is 35.7. The summed E-state index contributed by atoms with van der Waals surface area (Å²) in [4.78, 5) is 0. The van der Waals surface area contributed by atoms with Crippen molar-refractivity contribution in [2.24, 2.45) is 0 Å². The Hall–Kier alpha value is -1.23. The SMILES string of the molecule is CC(CCNCCC(F)(F)F)c1ccc(N)cc1. The van der Waals surface area contributed by atoms with Crippen molar-refractivity contribution in [1.82, 2.24) is 5.32 Å². The Kier molecular flexibility index (Phi) is 5.47. The summed E-state index contributed by atoms with van der Waals surface area (Å²) in [6.45, 7) is 2.62. The molecule has 2 nitrogen and oxygen atoms in total. The Labute approximate surface area is 105 Å². The van der Waals surface area contributed by atoms with Gasteiger partial charge in [-0.25, -0.2) is 0 Å². The lowest BCUT2D eigenvalue weighted by Gasteiger charge is -2.13. The molecule has 0 fully saturated rings. The Bertz CT molecular complexity index is 346. The fourth-order valence-corrected chi connectivity index (χ4v) is 1.66. The number of benzene rings is 1. The minimum Gasteiger partial charge on any atom is -0.399 e. The van der Waals surface area contributed by atoms with Crippen LogP contribution in [0.3, 0.4) is 0 Å². The monoisotopic (exact) mass is 260 g/mol. The maximum Gasteiger partial charge on any atom is 0.390 e. The molecule has 0 heterocycles. The minimum atomic E-state index is -4.07. The minimum absolute atomic E-state index is 0.0159. The molecule has 0 aliphatic carbocycles. The van der Waals surface area contributed by atoms with Gasteiger partial charge in [0.15, 0.2) is 0 Å². The van der Waals surface area contributed by atoms with Crippen molar-refractivity contribution in [3.8, 4) is 0 Å². The zero-order valence-corrected chi connectivity index (χ0v) is 10.4. The van der Waals surface area contributed by atoms with E-state index < -0.39 is 12.6 Å². The molecule has 5 heteroatoms. The predicted molar refractivity (Wildman–Crippen MR) is 67.4 cm³/mol. The molecular weight excluding hydrogens is 241 g/mol. The van der Waals surface area contributed by atoms with Gasteiger partial charge in [-0.2, -0.15) is 13.2 Å². The fourth-order valence-electron chi connectivity index (χ4n) is 1.66. The number of rotatable bonds is 6. The van der Waals surface area contributed by atoms with Crippen LogP contribution in [0.1, 0.15) is 31.2 Å². The normalized spacial score (nSPS) is 13.6. The molecule has 0 spiro atoms. The number of nitrogens with two attached hydrogens (primary N) is 1. The topological polar surface area (TPSA) is 38.0 Å². The Morgan fingerprint density at radius 2 is 1.78 bits per heavy atom. The smallest absolute Gasteiger partial charge is 0.390 e. The number of anilines is 1. The third-order valence-electron chi connectivity index (χ3n) is 2.84. The standard InChI is InChI=1S/C13H19F3N2/c1-10(11-2-4-12(17)5-3-11)6-8-18-9-7-13(14,15)16/h2-5,10,18H,6-9,17H2,1H3. The highest BCUT2D eigenvalue weighted by Crippen LogP contribution is 2.20. The second-order valence-electron chi connectivity index (χ2n) is 4.47. The van der Waals surface area contributed by atoms with E-state index >= 15 is 0 Å². The summed E-state index contributed by atoms with van der Waals surface area (Å²) in [5.41, 5.74) is 7.46. The molecular formula is C13H19F3N2. The molecule has 1 rings (SSSR count). The van der Waals surface area contributed by atoms with E-state index in [0.717, 1.165) is 12.0 Å². The van der Waals surface area contributed by atoms with E-state index in [1.165, 1.54) is 0 Å². The lowest BCUT2D eigenvalue weighted by atomic mass is 9.97. The van der Waals surface area contributed by atoms with Gasteiger partial charge >= 0.3 is 6.18 Å². The van der Waals surface area contributed by atoms with E-state index in [1.54, 1.807) is 0 Å². The fraction of sp³-hybridized carbons (Fsp3) is 0.538. The van der Waals surface area contributed by atoms with Crippen LogP contribution < -0.4 is 11.1 Å². The van der Waals surface area contributed by atoms with Gasteiger partial charge in [0.1, 0.15) is 0 Å². The van der Waals surface area contributed by atoms with E-state index in [0.29, 0.717) is 18.2 Å². The molecule has 102 valence electrons. The summed E-state index contributed by atoms with van der Waals surface area (Å²) in [6.07, 6.45) is -4.04. The highest BCUT2D eigenvalue weighted by atomic mass is 19.4. The first-order chi connectivity index (χ1) is 8.38. The summed E-state index contributed by atoms with van der Waals surface area (Å²) in [5, 5.41) is 2.81. The van der Waals surface area contributed by atoms with E-state index in [1.807, 2.05) is 24.3 Å². The number of hydrogen-bond donors (Lipinski definition) is 2. The third kappa shape index (κ3) is 5.91. The van der Waals surface area contributed by atoms with E-state index in [9.17, 15) is 13.2 Å². The molecule has 0 amide bonds. The van der Waals surface area contributed by atoms with Crippen molar-refractivity contribution >= 4 is 5.69 Å². The van der Waals surface area contributed by atoms with Gasteiger partial charge < -0.3 is 11.1 Å². The molecule has 0 bridgehead atoms. The molecule has 1 aromatic carbocycles. The Balaban J connectivity index is 2.21. The quantitative estimate of drug-likeness (QED) is 0.608. The third-order valence-corrected chi connectivity index (χ3v) is 2.84. The highest BCUT2D eigenvalue weighted by molar-refractivity contribution is 5.40. The summed E-state index contributed by atoms with van der Waals surface area (Å²) in [7, 11) is 0. The number of alkyl halides is 3. The van der Waals surface area contributed by atoms with Crippen LogP contribution >= 0.6 is 0 Å². The Morgan fingerprint density at radius 1 is 1.17 bits per heavy atom. The first-order valence-electron chi connectivity index (χ1n) is 6.01.